The van der Waals surface area contributed by atoms with Crippen molar-refractivity contribution in [3.63, 3.8) is 0 Å². The first-order valence-corrected chi connectivity index (χ1v) is 9.83. The Morgan fingerprint density at radius 3 is 2.69 bits per heavy atom. The monoisotopic (exact) mass is 406 g/mol. The topological polar surface area (TPSA) is 81.4 Å². The summed E-state index contributed by atoms with van der Waals surface area (Å²) in [6.07, 6.45) is 0. The van der Waals surface area contributed by atoms with Gasteiger partial charge in [0.25, 0.3) is 0 Å². The molecule has 1 aromatic heterocycles. The quantitative estimate of drug-likeness (QED) is 0.566. The largest absolute Gasteiger partial charge is 0.493 e. The summed E-state index contributed by atoms with van der Waals surface area (Å²) < 4.78 is 16.0. The molecule has 1 aliphatic rings. The second-order valence-electron chi connectivity index (χ2n) is 6.54. The lowest BCUT2D eigenvalue weighted by molar-refractivity contribution is 0.0978. The van der Waals surface area contributed by atoms with Crippen LogP contribution in [0.5, 0.6) is 11.5 Å². The van der Waals surface area contributed by atoms with Gasteiger partial charge in [-0.3, -0.25) is 4.79 Å². The van der Waals surface area contributed by atoms with Crippen molar-refractivity contribution in [3.05, 3.63) is 63.5 Å². The van der Waals surface area contributed by atoms with Gasteiger partial charge >= 0.3 is 0 Å². The van der Waals surface area contributed by atoms with Gasteiger partial charge in [0.2, 0.25) is 0 Å². The van der Waals surface area contributed by atoms with E-state index in [1.165, 1.54) is 11.3 Å². The molecule has 4 rings (SSSR count). The minimum Gasteiger partial charge on any atom is -0.493 e. The van der Waals surface area contributed by atoms with E-state index in [4.69, 9.17) is 14.2 Å². The number of methoxy groups -OCH3 is 2. The number of carbonyl (C=O) groups excluding carboxylic acids is 1. The number of fused-ring (bicyclic) bond motifs is 1. The highest BCUT2D eigenvalue weighted by molar-refractivity contribution is 7.10. The van der Waals surface area contributed by atoms with Crippen LogP contribution in [0.25, 0.3) is 11.3 Å². The molecule has 6 nitrogen and oxygen atoms in total. The number of Topliss-reactive ketones (excluding diaryl/α,β-unsaturated/α-hetero) is 1. The maximum atomic E-state index is 13.0. The number of aromatic nitrogens is 1. The molecule has 0 saturated carbocycles. The van der Waals surface area contributed by atoms with E-state index in [-0.39, 0.29) is 5.78 Å². The van der Waals surface area contributed by atoms with Crippen molar-refractivity contribution in [2.24, 2.45) is 0 Å². The predicted octanol–water partition coefficient (Wildman–Crippen LogP) is 4.35. The second-order valence-corrected chi connectivity index (χ2v) is 7.43. The van der Waals surface area contributed by atoms with Crippen LogP contribution in [0.15, 0.2) is 41.8 Å². The number of thiazole rings is 1. The zero-order valence-corrected chi connectivity index (χ0v) is 16.8. The number of nitriles is 1. The fourth-order valence-electron chi connectivity index (χ4n) is 3.27. The number of ketones is 1. The third kappa shape index (κ3) is 3.60. The summed E-state index contributed by atoms with van der Waals surface area (Å²) in [5.74, 6) is 0.00914. The van der Waals surface area contributed by atoms with Crippen molar-refractivity contribution in [1.29, 1.82) is 5.26 Å². The van der Waals surface area contributed by atoms with Gasteiger partial charge in [0.1, 0.15) is 5.01 Å². The number of carbonyl (C=O) groups is 1. The van der Waals surface area contributed by atoms with E-state index in [2.05, 4.69) is 11.1 Å². The molecule has 0 saturated heterocycles. The Morgan fingerprint density at radius 2 is 1.93 bits per heavy atom. The molecular weight excluding hydrogens is 388 g/mol. The highest BCUT2D eigenvalue weighted by atomic mass is 32.1. The maximum Gasteiger partial charge on any atom is 0.186 e. The van der Waals surface area contributed by atoms with Crippen LogP contribution in [0.4, 0.5) is 0 Å². The average Bonchev–Trinajstić information content (AvgIpc) is 3.43. The van der Waals surface area contributed by atoms with Crippen LogP contribution in [0.3, 0.4) is 0 Å². The van der Waals surface area contributed by atoms with Crippen molar-refractivity contribution < 1.29 is 19.0 Å². The Kier molecular flexibility index (Phi) is 5.30. The van der Waals surface area contributed by atoms with Crippen LogP contribution in [0, 0.1) is 11.3 Å². The van der Waals surface area contributed by atoms with E-state index < -0.39 is 5.92 Å². The molecule has 29 heavy (non-hydrogen) atoms. The van der Waals surface area contributed by atoms with Crippen LogP contribution in [0.1, 0.15) is 32.4 Å². The lowest BCUT2D eigenvalue weighted by Gasteiger charge is -2.08. The lowest BCUT2D eigenvalue weighted by atomic mass is 9.96. The van der Waals surface area contributed by atoms with Crippen LogP contribution in [-0.2, 0) is 18.0 Å². The summed E-state index contributed by atoms with van der Waals surface area (Å²) in [4.78, 5) is 17.5. The normalized spacial score (nSPS) is 13.4. The molecule has 2 aromatic carbocycles. The fourth-order valence-corrected chi connectivity index (χ4v) is 4.13. The molecule has 0 aliphatic carbocycles. The smallest absolute Gasteiger partial charge is 0.186 e. The summed E-state index contributed by atoms with van der Waals surface area (Å²) in [6, 6.07) is 13.1. The third-order valence-corrected chi connectivity index (χ3v) is 5.75. The zero-order valence-electron chi connectivity index (χ0n) is 16.0. The molecule has 0 N–H and O–H groups in total. The molecule has 1 aliphatic heterocycles. The van der Waals surface area contributed by atoms with Gasteiger partial charge in [-0.15, -0.1) is 11.3 Å². The van der Waals surface area contributed by atoms with Gasteiger partial charge < -0.3 is 14.2 Å². The number of ether oxygens (including phenoxy) is 3. The highest BCUT2D eigenvalue weighted by Crippen LogP contribution is 2.34. The fraction of sp³-hybridized carbons (Fsp3) is 0.227. The van der Waals surface area contributed by atoms with Crippen molar-refractivity contribution >= 4 is 17.1 Å². The van der Waals surface area contributed by atoms with Gasteiger partial charge in [-0.25, -0.2) is 4.98 Å². The average molecular weight is 406 g/mol. The third-order valence-electron chi connectivity index (χ3n) is 4.85. The molecule has 1 atom stereocenters. The van der Waals surface area contributed by atoms with Crippen LogP contribution < -0.4 is 9.47 Å². The Hall–Kier alpha value is -3.21. The van der Waals surface area contributed by atoms with E-state index >= 15 is 0 Å². The Labute approximate surface area is 172 Å². The predicted molar refractivity (Wildman–Crippen MR) is 108 cm³/mol. The van der Waals surface area contributed by atoms with Crippen molar-refractivity contribution in [1.82, 2.24) is 4.98 Å². The highest BCUT2D eigenvalue weighted by Gasteiger charge is 2.26. The summed E-state index contributed by atoms with van der Waals surface area (Å²) in [5, 5.41) is 12.0. The maximum absolute atomic E-state index is 13.0. The first-order chi connectivity index (χ1) is 14.1. The number of hydrogen-bond donors (Lipinski definition) is 0. The first-order valence-electron chi connectivity index (χ1n) is 8.95. The van der Waals surface area contributed by atoms with Crippen LogP contribution >= 0.6 is 11.3 Å². The van der Waals surface area contributed by atoms with E-state index in [0.29, 0.717) is 41.0 Å². The summed E-state index contributed by atoms with van der Waals surface area (Å²) in [7, 11) is 3.15. The van der Waals surface area contributed by atoms with Gasteiger partial charge in [0.05, 0.1) is 39.2 Å². The Morgan fingerprint density at radius 1 is 1.14 bits per heavy atom. The summed E-state index contributed by atoms with van der Waals surface area (Å²) >= 11 is 1.30. The van der Waals surface area contributed by atoms with Crippen molar-refractivity contribution in [2.45, 2.75) is 19.1 Å². The number of nitrogens with zero attached hydrogens (tertiary/aromatic N) is 2. The number of benzene rings is 2. The van der Waals surface area contributed by atoms with E-state index in [9.17, 15) is 10.1 Å². The van der Waals surface area contributed by atoms with Crippen molar-refractivity contribution in [3.8, 4) is 28.8 Å². The molecule has 3 aromatic rings. The molecular formula is C22H18N2O4S. The summed E-state index contributed by atoms with van der Waals surface area (Å²) in [5.41, 5.74) is 4.09. The Bertz CT molecular complexity index is 1120. The minimum atomic E-state index is -0.950. The standard InChI is InChI=1S/C22H18N2O4S/c1-26-19-6-5-13(8-20(19)27-2)18-12-29-22(24-18)17(9-23)21(25)14-3-4-15-10-28-11-16(15)7-14/h3-8,12,17H,10-11H2,1-2H3. The van der Waals surface area contributed by atoms with E-state index in [1.54, 1.807) is 26.4 Å². The molecule has 0 radical (unpaired) electrons. The van der Waals surface area contributed by atoms with Gasteiger partial charge in [-0.05, 0) is 35.4 Å². The van der Waals surface area contributed by atoms with Gasteiger partial charge in [0.15, 0.2) is 23.2 Å². The number of hydrogen-bond acceptors (Lipinski definition) is 7. The van der Waals surface area contributed by atoms with Gasteiger partial charge in [-0.1, -0.05) is 12.1 Å². The second kappa shape index (κ2) is 8.03. The molecule has 0 spiro atoms. The zero-order chi connectivity index (χ0) is 20.4. The summed E-state index contributed by atoms with van der Waals surface area (Å²) in [6.45, 7) is 1.06. The molecule has 0 amide bonds. The van der Waals surface area contributed by atoms with Crippen LogP contribution in [-0.4, -0.2) is 25.0 Å². The molecule has 0 bridgehead atoms. The van der Waals surface area contributed by atoms with Gasteiger partial charge in [-0.2, -0.15) is 5.26 Å². The molecule has 7 heteroatoms. The molecule has 146 valence electrons. The lowest BCUT2D eigenvalue weighted by Crippen LogP contribution is -2.11. The first kappa shape index (κ1) is 19.1. The molecule has 0 fully saturated rings. The van der Waals surface area contributed by atoms with Crippen molar-refractivity contribution in [2.75, 3.05) is 14.2 Å². The Balaban J connectivity index is 1.62. The number of rotatable bonds is 6. The molecule has 1 unspecified atom stereocenters. The van der Waals surface area contributed by atoms with Crippen LogP contribution in [0.2, 0.25) is 0 Å². The SMILES string of the molecule is COc1ccc(-c2csc(C(C#N)C(=O)c3ccc4c(c3)COC4)n2)cc1OC. The molecule has 2 heterocycles. The van der Waals surface area contributed by atoms with E-state index in [1.807, 2.05) is 29.6 Å². The van der Waals surface area contributed by atoms with Gasteiger partial charge in [0, 0.05) is 16.5 Å². The minimum absolute atomic E-state index is 0.254. The van der Waals surface area contributed by atoms with E-state index in [0.717, 1.165) is 16.7 Å².